The van der Waals surface area contributed by atoms with Crippen LogP contribution in [0.4, 0.5) is 0 Å². The fourth-order valence-electron chi connectivity index (χ4n) is 4.28. The van der Waals surface area contributed by atoms with Crippen molar-refractivity contribution in [2.75, 3.05) is 6.54 Å². The van der Waals surface area contributed by atoms with E-state index in [-0.39, 0.29) is 11.9 Å². The van der Waals surface area contributed by atoms with Crippen LogP contribution in [0.15, 0.2) is 65.2 Å². The molecular formula is C24H25N5O2. The lowest BCUT2D eigenvalue weighted by Crippen LogP contribution is -2.41. The number of benzene rings is 1. The van der Waals surface area contributed by atoms with Crippen LogP contribution in [0.1, 0.15) is 42.2 Å². The van der Waals surface area contributed by atoms with E-state index in [1.165, 1.54) is 12.1 Å². The van der Waals surface area contributed by atoms with Gasteiger partial charge in [-0.1, -0.05) is 6.07 Å². The molecule has 31 heavy (non-hydrogen) atoms. The molecule has 0 saturated carbocycles. The molecule has 2 N–H and O–H groups in total. The molecule has 1 aromatic carbocycles. The second-order valence-electron chi connectivity index (χ2n) is 7.87. The zero-order valence-electron chi connectivity index (χ0n) is 17.5. The Kier molecular flexibility index (Phi) is 5.16. The highest BCUT2D eigenvalue weighted by Gasteiger charge is 2.25. The Hall–Kier alpha value is -3.61. The minimum atomic E-state index is 0.0134. The minimum Gasteiger partial charge on any atom is -0.443 e. The number of aromatic nitrogens is 3. The minimum absolute atomic E-state index is 0.0134. The molecular weight excluding hydrogens is 390 g/mol. The number of nitrogens with one attached hydrogen (secondary N) is 2. The number of H-pyrrole nitrogens is 1. The Balaban J connectivity index is 1.30. The van der Waals surface area contributed by atoms with Gasteiger partial charge in [-0.05, 0) is 68.2 Å². The number of allylic oxidation sites excluding steroid dienone is 1. The van der Waals surface area contributed by atoms with E-state index in [1.54, 1.807) is 6.20 Å². The molecule has 1 amide bonds. The Bertz CT molecular complexity index is 1220. The average Bonchev–Trinajstić information content (AvgIpc) is 3.45. The number of nitrogens with zero attached hydrogens (tertiary/aromatic N) is 3. The van der Waals surface area contributed by atoms with E-state index in [0.717, 1.165) is 53.5 Å². The maximum absolute atomic E-state index is 13.2. The zero-order chi connectivity index (χ0) is 21.2. The molecule has 3 aromatic heterocycles. The normalized spacial score (nSPS) is 16.4. The van der Waals surface area contributed by atoms with Gasteiger partial charge in [-0.3, -0.25) is 9.78 Å². The van der Waals surface area contributed by atoms with Gasteiger partial charge in [0.25, 0.3) is 5.91 Å². The van der Waals surface area contributed by atoms with E-state index in [4.69, 9.17) is 4.42 Å². The molecule has 4 aromatic rings. The first kappa shape index (κ1) is 19.4. The maximum atomic E-state index is 13.2. The van der Waals surface area contributed by atoms with Gasteiger partial charge in [0, 0.05) is 25.0 Å². The fourth-order valence-corrected chi connectivity index (χ4v) is 4.28. The summed E-state index contributed by atoms with van der Waals surface area (Å²) in [6.45, 7) is 3.40. The number of hydrogen-bond donors (Lipinski definition) is 2. The van der Waals surface area contributed by atoms with Crippen molar-refractivity contribution in [3.05, 3.63) is 72.0 Å². The van der Waals surface area contributed by atoms with Gasteiger partial charge in [0.05, 0.1) is 17.1 Å². The van der Waals surface area contributed by atoms with Gasteiger partial charge in [0.1, 0.15) is 11.2 Å². The van der Waals surface area contributed by atoms with Crippen LogP contribution in [-0.2, 0) is 6.54 Å². The van der Waals surface area contributed by atoms with Gasteiger partial charge in [-0.15, -0.1) is 0 Å². The highest BCUT2D eigenvalue weighted by molar-refractivity contribution is 5.97. The van der Waals surface area contributed by atoms with Gasteiger partial charge in [0.2, 0.25) is 0 Å². The first-order valence-electron chi connectivity index (χ1n) is 10.7. The Labute approximate surface area is 180 Å². The van der Waals surface area contributed by atoms with E-state index in [9.17, 15) is 4.79 Å². The number of carbonyl (C=O) groups excluding carboxylic acids is 1. The van der Waals surface area contributed by atoms with E-state index >= 15 is 0 Å². The summed E-state index contributed by atoms with van der Waals surface area (Å²) in [6, 6.07) is 11.8. The summed E-state index contributed by atoms with van der Waals surface area (Å²) in [6.07, 6.45) is 8.42. The molecule has 5 rings (SSSR count). The van der Waals surface area contributed by atoms with Crippen molar-refractivity contribution in [2.24, 2.45) is 0 Å². The van der Waals surface area contributed by atoms with Crippen molar-refractivity contribution < 1.29 is 9.21 Å². The molecule has 0 spiro atoms. The lowest BCUT2D eigenvalue weighted by Gasteiger charge is -2.32. The molecule has 1 aliphatic carbocycles. The predicted octanol–water partition coefficient (Wildman–Crippen LogP) is 4.39. The predicted molar refractivity (Wildman–Crippen MR) is 119 cm³/mol. The largest absolute Gasteiger partial charge is 0.443 e. The van der Waals surface area contributed by atoms with Crippen molar-refractivity contribution in [1.29, 1.82) is 0 Å². The SMILES string of the molecule is CCN(C(=O)c1cc2ncccc2[nH]1)[C@@H]1C=C(NCc2ccc3ocnc3c2)CCC1. The number of amides is 1. The maximum Gasteiger partial charge on any atom is 0.270 e. The van der Waals surface area contributed by atoms with E-state index in [2.05, 4.69) is 26.3 Å². The molecule has 1 aliphatic rings. The summed E-state index contributed by atoms with van der Waals surface area (Å²) >= 11 is 0. The molecule has 3 heterocycles. The third kappa shape index (κ3) is 3.91. The summed E-state index contributed by atoms with van der Waals surface area (Å²) < 4.78 is 5.31. The van der Waals surface area contributed by atoms with E-state index in [1.807, 2.05) is 48.2 Å². The van der Waals surface area contributed by atoms with Crippen molar-refractivity contribution in [3.63, 3.8) is 0 Å². The fraction of sp³-hybridized carbons (Fsp3) is 0.292. The lowest BCUT2D eigenvalue weighted by molar-refractivity contribution is 0.0706. The number of carbonyl (C=O) groups is 1. The third-order valence-electron chi connectivity index (χ3n) is 5.88. The smallest absolute Gasteiger partial charge is 0.270 e. The van der Waals surface area contributed by atoms with Gasteiger partial charge >= 0.3 is 0 Å². The molecule has 0 radical (unpaired) electrons. The zero-order valence-corrected chi connectivity index (χ0v) is 17.5. The van der Waals surface area contributed by atoms with Crippen LogP contribution in [0.25, 0.3) is 22.1 Å². The quantitative estimate of drug-likeness (QED) is 0.488. The van der Waals surface area contributed by atoms with E-state index in [0.29, 0.717) is 12.2 Å². The number of fused-ring (bicyclic) bond motifs is 2. The van der Waals surface area contributed by atoms with E-state index < -0.39 is 0 Å². The lowest BCUT2D eigenvalue weighted by atomic mass is 9.98. The molecule has 0 saturated heterocycles. The first-order valence-corrected chi connectivity index (χ1v) is 10.7. The van der Waals surface area contributed by atoms with Crippen molar-refractivity contribution in [2.45, 2.75) is 38.8 Å². The number of aromatic amines is 1. The number of likely N-dealkylation sites (N-methyl/N-ethyl adjacent to an activating group) is 1. The second-order valence-corrected chi connectivity index (χ2v) is 7.87. The van der Waals surface area contributed by atoms with Gasteiger partial charge < -0.3 is 19.6 Å². The van der Waals surface area contributed by atoms with Crippen LogP contribution in [0.2, 0.25) is 0 Å². The Morgan fingerprint density at radius 1 is 1.26 bits per heavy atom. The van der Waals surface area contributed by atoms with Crippen molar-refractivity contribution in [3.8, 4) is 0 Å². The third-order valence-corrected chi connectivity index (χ3v) is 5.88. The monoisotopic (exact) mass is 415 g/mol. The summed E-state index contributed by atoms with van der Waals surface area (Å²) in [5.41, 5.74) is 6.28. The van der Waals surface area contributed by atoms with Crippen LogP contribution in [0.5, 0.6) is 0 Å². The molecule has 0 fully saturated rings. The highest BCUT2D eigenvalue weighted by atomic mass is 16.3. The molecule has 158 valence electrons. The average molecular weight is 415 g/mol. The molecule has 0 bridgehead atoms. The van der Waals surface area contributed by atoms with Crippen LogP contribution >= 0.6 is 0 Å². The van der Waals surface area contributed by atoms with Gasteiger partial charge in [-0.25, -0.2) is 4.98 Å². The Morgan fingerprint density at radius 2 is 2.19 bits per heavy atom. The summed E-state index contributed by atoms with van der Waals surface area (Å²) in [4.78, 5) is 26.9. The summed E-state index contributed by atoms with van der Waals surface area (Å²) in [7, 11) is 0. The molecule has 1 atom stereocenters. The molecule has 0 unspecified atom stereocenters. The van der Waals surface area contributed by atoms with Crippen LogP contribution in [0.3, 0.4) is 0 Å². The Morgan fingerprint density at radius 3 is 3.06 bits per heavy atom. The molecule has 7 nitrogen and oxygen atoms in total. The van der Waals surface area contributed by atoms with Crippen LogP contribution in [0, 0.1) is 0 Å². The number of rotatable bonds is 6. The highest BCUT2D eigenvalue weighted by Crippen LogP contribution is 2.24. The number of hydrogen-bond acceptors (Lipinski definition) is 5. The second kappa shape index (κ2) is 8.26. The first-order chi connectivity index (χ1) is 15.2. The van der Waals surface area contributed by atoms with Gasteiger partial charge in [0.15, 0.2) is 12.0 Å². The van der Waals surface area contributed by atoms with Crippen molar-refractivity contribution >= 4 is 28.0 Å². The summed E-state index contributed by atoms with van der Waals surface area (Å²) in [5.74, 6) is 0.0134. The van der Waals surface area contributed by atoms with Gasteiger partial charge in [-0.2, -0.15) is 0 Å². The van der Waals surface area contributed by atoms with Crippen molar-refractivity contribution in [1.82, 2.24) is 25.2 Å². The summed E-state index contributed by atoms with van der Waals surface area (Å²) in [5, 5.41) is 3.55. The standard InChI is InChI=1S/C24H25N5O2/c1-2-29(24(30)22-13-20-19(28-22)7-4-10-25-20)18-6-3-5-17(12-18)26-14-16-8-9-23-21(11-16)27-15-31-23/h4,7-13,15,18,26,28H,2-3,5-6,14H2,1H3/t18-/m0/s1. The molecule has 7 heteroatoms. The van der Waals surface area contributed by atoms with Crippen LogP contribution < -0.4 is 5.32 Å². The van der Waals surface area contributed by atoms with Crippen LogP contribution in [-0.4, -0.2) is 38.3 Å². The molecule has 0 aliphatic heterocycles. The topological polar surface area (TPSA) is 87.0 Å². The number of oxazole rings is 1. The number of pyridine rings is 1.